The van der Waals surface area contributed by atoms with Gasteiger partial charge in [-0.2, -0.15) is 0 Å². The molecule has 0 atom stereocenters. The number of nitrogens with zero attached hydrogens (tertiary/aromatic N) is 1. The van der Waals surface area contributed by atoms with Gasteiger partial charge in [-0.05, 0) is 74.6 Å². The van der Waals surface area contributed by atoms with E-state index in [0.717, 1.165) is 12.8 Å². The molecule has 4 rings (SSSR count). The van der Waals surface area contributed by atoms with Gasteiger partial charge in [-0.1, -0.05) is 46.4 Å². The summed E-state index contributed by atoms with van der Waals surface area (Å²) in [6.45, 7) is 1.87. The van der Waals surface area contributed by atoms with E-state index in [2.05, 4.69) is 0 Å². The van der Waals surface area contributed by atoms with Gasteiger partial charge in [0.05, 0.1) is 29.4 Å². The predicted octanol–water partition coefficient (Wildman–Crippen LogP) is 6.93. The number of ether oxygens (including phenoxy) is 2. The predicted molar refractivity (Wildman–Crippen MR) is 150 cm³/mol. The first-order chi connectivity index (χ1) is 18.5. The van der Waals surface area contributed by atoms with Crippen molar-refractivity contribution in [3.63, 3.8) is 0 Å². The maximum Gasteiger partial charge on any atom is 0.349 e. The Morgan fingerprint density at radius 1 is 0.974 bits per heavy atom. The maximum absolute atomic E-state index is 12.7. The number of amides is 2. The van der Waals surface area contributed by atoms with Crippen LogP contribution in [0.15, 0.2) is 46.5 Å². The van der Waals surface area contributed by atoms with Crippen LogP contribution < -0.4 is 9.64 Å². The topological polar surface area (TPSA) is 110 Å². The molecule has 0 fully saturated rings. The summed E-state index contributed by atoms with van der Waals surface area (Å²) in [6.07, 6.45) is 4.45. The van der Waals surface area contributed by atoms with Gasteiger partial charge in [-0.25, -0.2) is 14.5 Å². The molecule has 2 amide bonds. The normalized spacial score (nSPS) is 15.0. The van der Waals surface area contributed by atoms with E-state index in [9.17, 15) is 19.2 Å². The number of carboxylic acid groups (broad SMARTS) is 1. The summed E-state index contributed by atoms with van der Waals surface area (Å²) in [7, 11) is 1.34. The fourth-order valence-electron chi connectivity index (χ4n) is 4.08. The van der Waals surface area contributed by atoms with E-state index in [1.165, 1.54) is 30.2 Å². The van der Waals surface area contributed by atoms with Crippen molar-refractivity contribution in [2.45, 2.75) is 32.6 Å². The van der Waals surface area contributed by atoms with Crippen LogP contribution in [-0.2, 0) is 19.1 Å². The van der Waals surface area contributed by atoms with Crippen LogP contribution in [-0.4, -0.2) is 42.6 Å². The largest absolute Gasteiger partial charge is 0.494 e. The van der Waals surface area contributed by atoms with Crippen molar-refractivity contribution in [2.75, 3.05) is 18.6 Å². The van der Waals surface area contributed by atoms with Gasteiger partial charge in [-0.15, -0.1) is 0 Å². The minimum atomic E-state index is -1.16. The molecule has 0 aromatic heterocycles. The quantitative estimate of drug-likeness (QED) is 0.213. The highest BCUT2D eigenvalue weighted by Gasteiger charge is 2.39. The summed E-state index contributed by atoms with van der Waals surface area (Å²) in [6, 6.07) is 7.63. The molecule has 1 aliphatic heterocycles. The summed E-state index contributed by atoms with van der Waals surface area (Å²) in [4.78, 5) is 48.9. The first-order valence-electron chi connectivity index (χ1n) is 11.7. The number of anilines is 1. The number of rotatable bonds is 6. The zero-order valence-corrected chi connectivity index (χ0v) is 23.9. The van der Waals surface area contributed by atoms with Gasteiger partial charge in [0, 0.05) is 16.2 Å². The second-order valence-corrected chi connectivity index (χ2v) is 9.90. The number of benzene rings is 2. The molecular formula is C27H23Cl4NO7. The van der Waals surface area contributed by atoms with Crippen molar-refractivity contribution in [3.05, 3.63) is 72.7 Å². The van der Waals surface area contributed by atoms with E-state index < -0.39 is 11.9 Å². The molecule has 2 aromatic rings. The van der Waals surface area contributed by atoms with Crippen LogP contribution in [0, 0.1) is 0 Å². The molecule has 1 aliphatic carbocycles. The van der Waals surface area contributed by atoms with Crippen LogP contribution in [0.4, 0.5) is 5.69 Å². The fraction of sp³-hybridized carbons (Fsp3) is 0.259. The lowest BCUT2D eigenvalue weighted by atomic mass is 9.93. The Labute approximate surface area is 244 Å². The number of esters is 1. The number of carbonyl (C=O) groups is 4. The van der Waals surface area contributed by atoms with Gasteiger partial charge in [0.25, 0.3) is 11.8 Å². The van der Waals surface area contributed by atoms with Gasteiger partial charge in [0.1, 0.15) is 10.6 Å². The van der Waals surface area contributed by atoms with Crippen LogP contribution in [0.5, 0.6) is 5.75 Å². The van der Waals surface area contributed by atoms with E-state index in [1.54, 1.807) is 25.1 Å². The van der Waals surface area contributed by atoms with Crippen LogP contribution in [0.3, 0.4) is 0 Å². The van der Waals surface area contributed by atoms with Crippen LogP contribution >= 0.6 is 46.4 Å². The Bertz CT molecular complexity index is 1370. The molecule has 1 N–H and O–H groups in total. The van der Waals surface area contributed by atoms with E-state index >= 15 is 0 Å². The lowest BCUT2D eigenvalue weighted by Crippen LogP contribution is -2.31. The zero-order valence-electron chi connectivity index (χ0n) is 20.9. The molecule has 0 saturated carbocycles. The SMILES string of the molecule is CCOC(=O)/C(Cl)=C/c1cc(N2C(=O)C3=C(CCCC3)C2=O)ccc1Cl.COc1c(Cl)ccc(Cl)c1C(=O)O. The second kappa shape index (κ2) is 13.3. The van der Waals surface area contributed by atoms with Crippen molar-refractivity contribution in [1.29, 1.82) is 0 Å². The Kier molecular flexibility index (Phi) is 10.4. The van der Waals surface area contributed by atoms with Gasteiger partial charge < -0.3 is 14.6 Å². The van der Waals surface area contributed by atoms with Crippen molar-refractivity contribution in [3.8, 4) is 5.75 Å². The summed E-state index contributed by atoms with van der Waals surface area (Å²) in [5, 5.41) is 9.31. The third-order valence-corrected chi connectivity index (χ3v) is 7.08. The Hall–Kier alpha value is -3.04. The minimum absolute atomic E-state index is 0.0849. The molecule has 12 heteroatoms. The van der Waals surface area contributed by atoms with E-state index in [0.29, 0.717) is 40.3 Å². The van der Waals surface area contributed by atoms with Crippen molar-refractivity contribution < 1.29 is 33.8 Å². The summed E-state index contributed by atoms with van der Waals surface area (Å²) >= 11 is 23.5. The summed E-state index contributed by atoms with van der Waals surface area (Å²) in [5.41, 5.74) is 1.93. The van der Waals surface area contributed by atoms with Crippen LogP contribution in [0.25, 0.3) is 6.08 Å². The number of halogens is 4. The summed E-state index contributed by atoms with van der Waals surface area (Å²) in [5.74, 6) is -2.30. The third kappa shape index (κ3) is 6.76. The molecule has 0 unspecified atom stereocenters. The molecule has 8 nitrogen and oxygen atoms in total. The second-order valence-electron chi connectivity index (χ2n) is 8.27. The first-order valence-corrected chi connectivity index (χ1v) is 13.2. The monoisotopic (exact) mass is 613 g/mol. The molecule has 0 spiro atoms. The van der Waals surface area contributed by atoms with Crippen LogP contribution in [0.1, 0.15) is 48.5 Å². The maximum atomic E-state index is 12.7. The molecule has 2 aliphatic rings. The third-order valence-electron chi connectivity index (χ3n) is 5.86. The fourth-order valence-corrected chi connectivity index (χ4v) is 4.89. The van der Waals surface area contributed by atoms with Gasteiger partial charge in [-0.3, -0.25) is 9.59 Å². The van der Waals surface area contributed by atoms with Gasteiger partial charge in [0.15, 0.2) is 5.75 Å². The minimum Gasteiger partial charge on any atom is -0.494 e. The highest BCUT2D eigenvalue weighted by Crippen LogP contribution is 2.37. The Morgan fingerprint density at radius 2 is 1.54 bits per heavy atom. The number of carboxylic acids is 1. The number of hydrogen-bond acceptors (Lipinski definition) is 6. The molecule has 1 heterocycles. The lowest BCUT2D eigenvalue weighted by Gasteiger charge is -2.16. The highest BCUT2D eigenvalue weighted by molar-refractivity contribution is 6.44. The molecule has 206 valence electrons. The average molecular weight is 615 g/mol. The van der Waals surface area contributed by atoms with E-state index in [1.807, 2.05) is 0 Å². The molecule has 0 bridgehead atoms. The van der Waals surface area contributed by atoms with Gasteiger partial charge in [0.2, 0.25) is 0 Å². The first kappa shape index (κ1) is 30.5. The Morgan fingerprint density at radius 3 is 2.05 bits per heavy atom. The van der Waals surface area contributed by atoms with E-state index in [-0.39, 0.29) is 44.8 Å². The zero-order chi connectivity index (χ0) is 28.9. The Balaban J connectivity index is 0.000000272. The number of methoxy groups -OCH3 is 1. The van der Waals surface area contributed by atoms with Crippen molar-refractivity contribution in [1.82, 2.24) is 0 Å². The van der Waals surface area contributed by atoms with Crippen molar-refractivity contribution >= 4 is 81.9 Å². The van der Waals surface area contributed by atoms with Gasteiger partial charge >= 0.3 is 11.9 Å². The molecule has 2 aromatic carbocycles. The molecule has 0 saturated heterocycles. The summed E-state index contributed by atoms with van der Waals surface area (Å²) < 4.78 is 9.66. The smallest absolute Gasteiger partial charge is 0.349 e. The number of carbonyl (C=O) groups excluding carboxylic acids is 3. The standard InChI is InChI=1S/C19H17Cl2NO4.C8H6Cl2O3/c1-2-26-19(25)16(21)10-11-9-12(7-8-15(11)20)22-17(23)13-5-3-4-6-14(13)18(22)24;1-13-7-5(10)3-2-4(9)6(7)8(11)12/h7-10H,2-6H2,1H3;2-3H,1H3,(H,11,12)/b16-10-;. The van der Waals surface area contributed by atoms with E-state index in [4.69, 9.17) is 61.0 Å². The average Bonchev–Trinajstić information content (AvgIpc) is 3.16. The number of imide groups is 1. The molecule has 0 radical (unpaired) electrons. The molecule has 39 heavy (non-hydrogen) atoms. The van der Waals surface area contributed by atoms with Crippen molar-refractivity contribution in [2.24, 2.45) is 0 Å². The lowest BCUT2D eigenvalue weighted by molar-refractivity contribution is -0.137. The molecular weight excluding hydrogens is 592 g/mol. The van der Waals surface area contributed by atoms with Crippen LogP contribution in [0.2, 0.25) is 15.1 Å². The number of aromatic carboxylic acids is 1. The number of hydrogen-bond donors (Lipinski definition) is 1. The highest BCUT2D eigenvalue weighted by atomic mass is 35.5.